The summed E-state index contributed by atoms with van der Waals surface area (Å²) < 4.78 is 14.7. The fourth-order valence-corrected chi connectivity index (χ4v) is 3.45. The van der Waals surface area contributed by atoms with Crippen molar-refractivity contribution in [2.45, 2.75) is 45.4 Å². The minimum Gasteiger partial charge on any atom is -0.236 e. The lowest BCUT2D eigenvalue weighted by Crippen LogP contribution is -2.11. The van der Waals surface area contributed by atoms with Gasteiger partial charge in [-0.25, -0.2) is 9.37 Å². The number of rotatable bonds is 2. The highest BCUT2D eigenvalue weighted by molar-refractivity contribution is 6.30. The molecule has 3 heteroatoms. The van der Waals surface area contributed by atoms with Gasteiger partial charge in [0.05, 0.1) is 5.52 Å². The highest BCUT2D eigenvalue weighted by Crippen LogP contribution is 2.32. The Morgan fingerprint density at radius 3 is 2.75 bits per heavy atom. The Kier molecular flexibility index (Phi) is 3.93. The quantitative estimate of drug-likeness (QED) is 0.670. The van der Waals surface area contributed by atoms with Crippen molar-refractivity contribution in [2.75, 3.05) is 0 Å². The van der Waals surface area contributed by atoms with Crippen LogP contribution in [0.3, 0.4) is 0 Å². The van der Waals surface area contributed by atoms with Gasteiger partial charge in [-0.1, -0.05) is 55.3 Å². The SMILES string of the molecule is Cc1ccc2nc(Cl)c(CC3CCCCC3)c(F)c2c1. The second-order valence-electron chi connectivity index (χ2n) is 5.92. The van der Waals surface area contributed by atoms with E-state index >= 15 is 0 Å². The zero-order valence-corrected chi connectivity index (χ0v) is 12.5. The third-order valence-corrected chi connectivity index (χ3v) is 4.65. The molecule has 1 aromatic heterocycles. The highest BCUT2D eigenvalue weighted by atomic mass is 35.5. The Labute approximate surface area is 124 Å². The van der Waals surface area contributed by atoms with Crippen molar-refractivity contribution in [2.24, 2.45) is 5.92 Å². The molecule has 1 heterocycles. The molecule has 1 aliphatic carbocycles. The normalized spacial score (nSPS) is 16.8. The summed E-state index contributed by atoms with van der Waals surface area (Å²) >= 11 is 6.22. The zero-order valence-electron chi connectivity index (χ0n) is 11.8. The summed E-state index contributed by atoms with van der Waals surface area (Å²) in [6, 6.07) is 5.63. The summed E-state index contributed by atoms with van der Waals surface area (Å²) in [4.78, 5) is 4.37. The van der Waals surface area contributed by atoms with Crippen LogP contribution in [-0.2, 0) is 6.42 Å². The fraction of sp³-hybridized carbons (Fsp3) is 0.471. The number of nitrogens with zero attached hydrogens (tertiary/aromatic N) is 1. The van der Waals surface area contributed by atoms with E-state index in [0.717, 1.165) is 12.0 Å². The van der Waals surface area contributed by atoms with Crippen LogP contribution in [0.15, 0.2) is 18.2 Å². The third-order valence-electron chi connectivity index (χ3n) is 4.34. The predicted octanol–water partition coefficient (Wildman–Crippen LogP) is 5.46. The van der Waals surface area contributed by atoms with Crippen LogP contribution in [0.2, 0.25) is 5.15 Å². The van der Waals surface area contributed by atoms with Gasteiger partial charge in [0.1, 0.15) is 11.0 Å². The van der Waals surface area contributed by atoms with Crippen LogP contribution in [0.5, 0.6) is 0 Å². The largest absolute Gasteiger partial charge is 0.236 e. The summed E-state index contributed by atoms with van der Waals surface area (Å²) in [5, 5.41) is 0.935. The van der Waals surface area contributed by atoms with Crippen molar-refractivity contribution in [3.05, 3.63) is 40.3 Å². The maximum Gasteiger partial charge on any atom is 0.138 e. The summed E-state index contributed by atoms with van der Waals surface area (Å²) in [6.45, 7) is 1.97. The number of benzene rings is 1. The minimum absolute atomic E-state index is 0.172. The Hall–Kier alpha value is -1.15. The number of aromatic nitrogens is 1. The number of halogens is 2. The number of hydrogen-bond donors (Lipinski definition) is 0. The second kappa shape index (κ2) is 5.69. The van der Waals surface area contributed by atoms with E-state index in [0.29, 0.717) is 27.5 Å². The molecule has 1 fully saturated rings. The van der Waals surface area contributed by atoms with Crippen molar-refractivity contribution < 1.29 is 4.39 Å². The Morgan fingerprint density at radius 2 is 2.00 bits per heavy atom. The molecule has 2 aromatic rings. The average molecular weight is 292 g/mol. The molecule has 0 unspecified atom stereocenters. The predicted molar refractivity (Wildman–Crippen MR) is 81.7 cm³/mol. The van der Waals surface area contributed by atoms with E-state index in [1.54, 1.807) is 0 Å². The lowest BCUT2D eigenvalue weighted by atomic mass is 9.85. The lowest BCUT2D eigenvalue weighted by molar-refractivity contribution is 0.353. The smallest absolute Gasteiger partial charge is 0.138 e. The average Bonchev–Trinajstić information content (AvgIpc) is 2.46. The molecule has 3 rings (SSSR count). The summed E-state index contributed by atoms with van der Waals surface area (Å²) in [6.07, 6.45) is 6.90. The fourth-order valence-electron chi connectivity index (χ4n) is 3.20. The standard InChI is InChI=1S/C17H19ClFN/c1-11-7-8-15-13(9-11)16(19)14(17(18)20-15)10-12-5-3-2-4-6-12/h7-9,12H,2-6,10H2,1H3. The van der Waals surface area contributed by atoms with Crippen LogP contribution >= 0.6 is 11.6 Å². The van der Waals surface area contributed by atoms with Gasteiger partial charge in [-0.15, -0.1) is 0 Å². The molecule has 1 saturated carbocycles. The van der Waals surface area contributed by atoms with Gasteiger partial charge in [-0.2, -0.15) is 0 Å². The van der Waals surface area contributed by atoms with E-state index in [4.69, 9.17) is 11.6 Å². The minimum atomic E-state index is -0.172. The molecule has 1 aliphatic rings. The van der Waals surface area contributed by atoms with Gasteiger partial charge in [0.15, 0.2) is 0 Å². The Balaban J connectivity index is 2.00. The third kappa shape index (κ3) is 2.67. The van der Waals surface area contributed by atoms with E-state index in [1.807, 2.05) is 25.1 Å². The van der Waals surface area contributed by atoms with Crippen molar-refractivity contribution >= 4 is 22.5 Å². The number of hydrogen-bond acceptors (Lipinski definition) is 1. The van der Waals surface area contributed by atoms with Gasteiger partial charge in [0.2, 0.25) is 0 Å². The van der Waals surface area contributed by atoms with Gasteiger partial charge in [-0.05, 0) is 31.4 Å². The van der Waals surface area contributed by atoms with E-state index in [9.17, 15) is 4.39 Å². The van der Waals surface area contributed by atoms with Crippen molar-refractivity contribution in [1.29, 1.82) is 0 Å². The topological polar surface area (TPSA) is 12.9 Å². The monoisotopic (exact) mass is 291 g/mol. The van der Waals surface area contributed by atoms with Crippen LogP contribution in [0.1, 0.15) is 43.2 Å². The first kappa shape index (κ1) is 13.8. The molecule has 0 bridgehead atoms. The van der Waals surface area contributed by atoms with Crippen LogP contribution in [0.4, 0.5) is 4.39 Å². The molecule has 0 spiro atoms. The Morgan fingerprint density at radius 1 is 1.25 bits per heavy atom. The molecular weight excluding hydrogens is 273 g/mol. The second-order valence-corrected chi connectivity index (χ2v) is 6.28. The van der Waals surface area contributed by atoms with Gasteiger partial charge < -0.3 is 0 Å². The first-order valence-electron chi connectivity index (χ1n) is 7.39. The first-order chi connectivity index (χ1) is 9.65. The first-order valence-corrected chi connectivity index (χ1v) is 7.77. The van der Waals surface area contributed by atoms with E-state index in [2.05, 4.69) is 4.98 Å². The van der Waals surface area contributed by atoms with Crippen LogP contribution in [-0.4, -0.2) is 4.98 Å². The molecular formula is C17H19ClFN. The highest BCUT2D eigenvalue weighted by Gasteiger charge is 2.20. The molecule has 106 valence electrons. The summed E-state index contributed by atoms with van der Waals surface area (Å²) in [5.41, 5.74) is 2.30. The number of pyridine rings is 1. The van der Waals surface area contributed by atoms with Crippen molar-refractivity contribution in [3.8, 4) is 0 Å². The van der Waals surface area contributed by atoms with Gasteiger partial charge in [0.25, 0.3) is 0 Å². The van der Waals surface area contributed by atoms with Gasteiger partial charge >= 0.3 is 0 Å². The molecule has 0 radical (unpaired) electrons. The molecule has 0 amide bonds. The molecule has 1 nitrogen and oxygen atoms in total. The maximum absolute atomic E-state index is 14.7. The summed E-state index contributed by atoms with van der Waals surface area (Å²) in [5.74, 6) is 0.383. The van der Waals surface area contributed by atoms with Gasteiger partial charge in [-0.3, -0.25) is 0 Å². The number of fused-ring (bicyclic) bond motifs is 1. The Bertz CT molecular complexity index is 632. The summed E-state index contributed by atoms with van der Waals surface area (Å²) in [7, 11) is 0. The molecule has 0 aliphatic heterocycles. The van der Waals surface area contributed by atoms with Crippen LogP contribution in [0, 0.1) is 18.7 Å². The van der Waals surface area contributed by atoms with E-state index in [-0.39, 0.29) is 5.82 Å². The molecule has 0 N–H and O–H groups in total. The van der Waals surface area contributed by atoms with E-state index in [1.165, 1.54) is 32.1 Å². The molecule has 0 saturated heterocycles. The number of aryl methyl sites for hydroxylation is 1. The van der Waals surface area contributed by atoms with Crippen molar-refractivity contribution in [1.82, 2.24) is 4.98 Å². The molecule has 20 heavy (non-hydrogen) atoms. The maximum atomic E-state index is 14.7. The van der Waals surface area contributed by atoms with Crippen LogP contribution < -0.4 is 0 Å². The zero-order chi connectivity index (χ0) is 14.1. The van der Waals surface area contributed by atoms with Gasteiger partial charge in [0, 0.05) is 10.9 Å². The molecule has 0 atom stereocenters. The van der Waals surface area contributed by atoms with E-state index < -0.39 is 0 Å². The van der Waals surface area contributed by atoms with Crippen molar-refractivity contribution in [3.63, 3.8) is 0 Å². The lowest BCUT2D eigenvalue weighted by Gasteiger charge is -2.22. The molecule has 1 aromatic carbocycles. The van der Waals surface area contributed by atoms with Crippen LogP contribution in [0.25, 0.3) is 10.9 Å².